The van der Waals surface area contributed by atoms with Gasteiger partial charge in [0, 0.05) is 12.3 Å². The van der Waals surface area contributed by atoms with Crippen LogP contribution >= 0.6 is 0 Å². The van der Waals surface area contributed by atoms with E-state index in [1.165, 1.54) is 0 Å². The predicted octanol–water partition coefficient (Wildman–Crippen LogP) is 0.690. The SMILES string of the molecule is COc1cc(CCC(C)(N)O)ccn1. The molecular weight excluding hydrogens is 180 g/mol. The Balaban J connectivity index is 2.59. The standard InChI is InChI=1S/C10H16N2O2/c1-10(11,13)5-3-8-4-6-12-9(7-8)14-2/h4,6-7,13H,3,5,11H2,1-2H3. The maximum atomic E-state index is 9.34. The molecule has 0 amide bonds. The van der Waals surface area contributed by atoms with Crippen LogP contribution in [0.1, 0.15) is 18.9 Å². The number of aryl methyl sites for hydroxylation is 1. The van der Waals surface area contributed by atoms with Crippen molar-refractivity contribution in [3.05, 3.63) is 23.9 Å². The van der Waals surface area contributed by atoms with Gasteiger partial charge in [0.1, 0.15) is 5.72 Å². The van der Waals surface area contributed by atoms with Crippen LogP contribution in [-0.4, -0.2) is 22.9 Å². The topological polar surface area (TPSA) is 68.4 Å². The lowest BCUT2D eigenvalue weighted by molar-refractivity contribution is 0.0582. The Morgan fingerprint density at radius 3 is 2.93 bits per heavy atom. The number of aliphatic hydroxyl groups is 1. The molecule has 1 heterocycles. The lowest BCUT2D eigenvalue weighted by Gasteiger charge is -2.16. The molecule has 4 heteroatoms. The number of rotatable bonds is 4. The number of hydrogen-bond donors (Lipinski definition) is 2. The molecule has 1 aromatic heterocycles. The molecule has 4 nitrogen and oxygen atoms in total. The van der Waals surface area contributed by atoms with Crippen molar-refractivity contribution in [3.63, 3.8) is 0 Å². The van der Waals surface area contributed by atoms with Crippen LogP contribution in [0.3, 0.4) is 0 Å². The zero-order chi connectivity index (χ0) is 10.6. The van der Waals surface area contributed by atoms with Crippen LogP contribution in [0.4, 0.5) is 0 Å². The Kier molecular flexibility index (Phi) is 3.43. The van der Waals surface area contributed by atoms with E-state index in [9.17, 15) is 5.11 Å². The van der Waals surface area contributed by atoms with Crippen molar-refractivity contribution in [1.29, 1.82) is 0 Å². The summed E-state index contributed by atoms with van der Waals surface area (Å²) in [6.07, 6.45) is 2.90. The highest BCUT2D eigenvalue weighted by Crippen LogP contribution is 2.13. The first-order valence-corrected chi connectivity index (χ1v) is 4.51. The van der Waals surface area contributed by atoms with Crippen molar-refractivity contribution in [2.45, 2.75) is 25.5 Å². The molecule has 0 aromatic carbocycles. The summed E-state index contributed by atoms with van der Waals surface area (Å²) in [6, 6.07) is 3.72. The fraction of sp³-hybridized carbons (Fsp3) is 0.500. The third-order valence-corrected chi connectivity index (χ3v) is 1.93. The summed E-state index contributed by atoms with van der Waals surface area (Å²) in [5.74, 6) is 0.583. The maximum Gasteiger partial charge on any atom is 0.213 e. The molecule has 0 aliphatic carbocycles. The molecule has 0 saturated carbocycles. The Bertz CT molecular complexity index is 294. The monoisotopic (exact) mass is 196 g/mol. The lowest BCUT2D eigenvalue weighted by Crippen LogP contribution is -2.35. The smallest absolute Gasteiger partial charge is 0.213 e. The summed E-state index contributed by atoms with van der Waals surface area (Å²) in [6.45, 7) is 1.59. The molecule has 1 unspecified atom stereocenters. The van der Waals surface area contributed by atoms with E-state index in [4.69, 9.17) is 10.5 Å². The Morgan fingerprint density at radius 2 is 2.36 bits per heavy atom. The van der Waals surface area contributed by atoms with Crippen LogP contribution in [0, 0.1) is 0 Å². The molecule has 0 saturated heterocycles. The third-order valence-electron chi connectivity index (χ3n) is 1.93. The molecule has 0 fully saturated rings. The van der Waals surface area contributed by atoms with E-state index in [0.29, 0.717) is 18.7 Å². The normalized spacial score (nSPS) is 14.9. The Hall–Kier alpha value is -1.13. The van der Waals surface area contributed by atoms with E-state index in [-0.39, 0.29) is 0 Å². The number of ether oxygens (including phenoxy) is 1. The summed E-state index contributed by atoms with van der Waals surface area (Å²) in [5.41, 5.74) is 5.41. The van der Waals surface area contributed by atoms with Crippen LogP contribution in [0.25, 0.3) is 0 Å². The molecule has 3 N–H and O–H groups in total. The second kappa shape index (κ2) is 4.39. The maximum absolute atomic E-state index is 9.34. The van der Waals surface area contributed by atoms with Gasteiger partial charge in [0.25, 0.3) is 0 Å². The van der Waals surface area contributed by atoms with Crippen molar-refractivity contribution in [2.24, 2.45) is 5.73 Å². The second-order valence-corrected chi connectivity index (χ2v) is 3.56. The van der Waals surface area contributed by atoms with Gasteiger partial charge in [-0.3, -0.25) is 0 Å². The van der Waals surface area contributed by atoms with Gasteiger partial charge in [0.05, 0.1) is 7.11 Å². The van der Waals surface area contributed by atoms with Crippen molar-refractivity contribution in [2.75, 3.05) is 7.11 Å². The largest absolute Gasteiger partial charge is 0.481 e. The molecule has 0 radical (unpaired) electrons. The molecule has 0 bridgehead atoms. The highest BCUT2D eigenvalue weighted by molar-refractivity contribution is 5.20. The summed E-state index contributed by atoms with van der Waals surface area (Å²) in [7, 11) is 1.57. The number of aromatic nitrogens is 1. The molecule has 78 valence electrons. The minimum absolute atomic E-state index is 0.514. The molecule has 1 aromatic rings. The van der Waals surface area contributed by atoms with Gasteiger partial charge in [-0.1, -0.05) is 0 Å². The van der Waals surface area contributed by atoms with Crippen LogP contribution in [0.2, 0.25) is 0 Å². The van der Waals surface area contributed by atoms with Crippen molar-refractivity contribution < 1.29 is 9.84 Å². The lowest BCUT2D eigenvalue weighted by atomic mass is 10.1. The predicted molar refractivity (Wildman–Crippen MR) is 53.9 cm³/mol. The van der Waals surface area contributed by atoms with Gasteiger partial charge < -0.3 is 15.6 Å². The van der Waals surface area contributed by atoms with E-state index in [2.05, 4.69) is 4.98 Å². The van der Waals surface area contributed by atoms with Gasteiger partial charge in [0.15, 0.2) is 0 Å². The highest BCUT2D eigenvalue weighted by Gasteiger charge is 2.12. The summed E-state index contributed by atoms with van der Waals surface area (Å²) >= 11 is 0. The number of pyridine rings is 1. The van der Waals surface area contributed by atoms with E-state index in [1.807, 2.05) is 12.1 Å². The Morgan fingerprint density at radius 1 is 1.64 bits per heavy atom. The van der Waals surface area contributed by atoms with Gasteiger partial charge in [0.2, 0.25) is 5.88 Å². The van der Waals surface area contributed by atoms with E-state index in [0.717, 1.165) is 5.56 Å². The molecule has 0 aliphatic heterocycles. The molecule has 0 spiro atoms. The van der Waals surface area contributed by atoms with Gasteiger partial charge in [-0.05, 0) is 31.4 Å². The number of nitrogens with zero attached hydrogens (tertiary/aromatic N) is 1. The first-order chi connectivity index (χ1) is 6.51. The molecule has 1 atom stereocenters. The van der Waals surface area contributed by atoms with Crippen molar-refractivity contribution in [3.8, 4) is 5.88 Å². The zero-order valence-electron chi connectivity index (χ0n) is 8.53. The van der Waals surface area contributed by atoms with Gasteiger partial charge >= 0.3 is 0 Å². The fourth-order valence-electron chi connectivity index (χ4n) is 1.11. The first-order valence-electron chi connectivity index (χ1n) is 4.51. The van der Waals surface area contributed by atoms with Crippen molar-refractivity contribution in [1.82, 2.24) is 4.98 Å². The van der Waals surface area contributed by atoms with Gasteiger partial charge in [-0.15, -0.1) is 0 Å². The molecule has 1 rings (SSSR count). The fourth-order valence-corrected chi connectivity index (χ4v) is 1.11. The average molecular weight is 196 g/mol. The summed E-state index contributed by atoms with van der Waals surface area (Å²) < 4.78 is 4.98. The molecule has 0 aliphatic rings. The van der Waals surface area contributed by atoms with E-state index >= 15 is 0 Å². The number of methoxy groups -OCH3 is 1. The zero-order valence-corrected chi connectivity index (χ0v) is 8.53. The summed E-state index contributed by atoms with van der Waals surface area (Å²) in [4.78, 5) is 3.99. The van der Waals surface area contributed by atoms with Gasteiger partial charge in [-0.25, -0.2) is 4.98 Å². The minimum Gasteiger partial charge on any atom is -0.481 e. The van der Waals surface area contributed by atoms with Crippen LogP contribution < -0.4 is 10.5 Å². The van der Waals surface area contributed by atoms with E-state index < -0.39 is 5.72 Å². The number of hydrogen-bond acceptors (Lipinski definition) is 4. The Labute approximate surface area is 83.7 Å². The van der Waals surface area contributed by atoms with Crippen LogP contribution in [0.5, 0.6) is 5.88 Å². The highest BCUT2D eigenvalue weighted by atomic mass is 16.5. The molecule has 14 heavy (non-hydrogen) atoms. The molecular formula is C10H16N2O2. The van der Waals surface area contributed by atoms with Crippen molar-refractivity contribution >= 4 is 0 Å². The van der Waals surface area contributed by atoms with E-state index in [1.54, 1.807) is 20.2 Å². The second-order valence-electron chi connectivity index (χ2n) is 3.56. The first kappa shape index (κ1) is 10.9. The summed E-state index contributed by atoms with van der Waals surface area (Å²) in [5, 5.41) is 9.34. The van der Waals surface area contributed by atoms with Gasteiger partial charge in [-0.2, -0.15) is 0 Å². The third kappa shape index (κ3) is 3.72. The van der Waals surface area contributed by atoms with Crippen LogP contribution in [-0.2, 0) is 6.42 Å². The number of nitrogens with two attached hydrogens (primary N) is 1. The average Bonchev–Trinajstić information content (AvgIpc) is 2.14. The minimum atomic E-state index is -1.11. The van der Waals surface area contributed by atoms with Crippen LogP contribution in [0.15, 0.2) is 18.3 Å². The quantitative estimate of drug-likeness (QED) is 0.695.